The van der Waals surface area contributed by atoms with Gasteiger partial charge in [-0.15, -0.1) is 0 Å². The summed E-state index contributed by atoms with van der Waals surface area (Å²) in [5.74, 6) is 1.30. The van der Waals surface area contributed by atoms with E-state index in [1.807, 2.05) is 67.6 Å². The van der Waals surface area contributed by atoms with E-state index in [-0.39, 0.29) is 5.78 Å². The fourth-order valence-corrected chi connectivity index (χ4v) is 3.74. The number of carbonyl (C=O) groups is 1. The van der Waals surface area contributed by atoms with Gasteiger partial charge in [0, 0.05) is 10.0 Å². The van der Waals surface area contributed by atoms with Crippen molar-refractivity contribution < 1.29 is 14.3 Å². The molecule has 5 heteroatoms. The third kappa shape index (κ3) is 5.93. The standard InChI is InChI=1S/C24H20BrIO3/c1-16-3-8-19(9-4-16)22(27)12-7-18-13-21(26)24(23(14-18)28-2)29-15-17-5-10-20(25)11-6-17/h3-14H,15H2,1-2H3/b12-7+. The maximum absolute atomic E-state index is 12.4. The molecule has 0 bridgehead atoms. The van der Waals surface area contributed by atoms with Crippen LogP contribution in [0.1, 0.15) is 27.0 Å². The highest BCUT2D eigenvalue weighted by atomic mass is 127. The van der Waals surface area contributed by atoms with Crippen LogP contribution < -0.4 is 9.47 Å². The van der Waals surface area contributed by atoms with Crippen molar-refractivity contribution in [1.82, 2.24) is 0 Å². The average molecular weight is 563 g/mol. The van der Waals surface area contributed by atoms with Gasteiger partial charge in [-0.25, -0.2) is 0 Å². The number of ether oxygens (including phenoxy) is 2. The fraction of sp³-hybridized carbons (Fsp3) is 0.125. The molecule has 0 fully saturated rings. The third-order valence-electron chi connectivity index (χ3n) is 4.31. The maximum atomic E-state index is 12.4. The Morgan fingerprint density at radius 3 is 2.41 bits per heavy atom. The first kappa shape index (κ1) is 21.6. The number of ketones is 1. The van der Waals surface area contributed by atoms with E-state index in [4.69, 9.17) is 9.47 Å². The first-order valence-corrected chi connectivity index (χ1v) is 10.9. The summed E-state index contributed by atoms with van der Waals surface area (Å²) in [7, 11) is 1.61. The van der Waals surface area contributed by atoms with Crippen molar-refractivity contribution in [3.8, 4) is 11.5 Å². The largest absolute Gasteiger partial charge is 0.493 e. The van der Waals surface area contributed by atoms with Gasteiger partial charge in [0.05, 0.1) is 10.7 Å². The normalized spacial score (nSPS) is 10.9. The van der Waals surface area contributed by atoms with Gasteiger partial charge < -0.3 is 9.47 Å². The lowest BCUT2D eigenvalue weighted by Gasteiger charge is -2.14. The van der Waals surface area contributed by atoms with E-state index in [0.717, 1.165) is 24.7 Å². The summed E-state index contributed by atoms with van der Waals surface area (Å²) in [6.07, 6.45) is 3.38. The smallest absolute Gasteiger partial charge is 0.185 e. The molecule has 0 heterocycles. The summed E-state index contributed by atoms with van der Waals surface area (Å²) in [5, 5.41) is 0. The van der Waals surface area contributed by atoms with Crippen LogP contribution in [0.3, 0.4) is 0 Å². The lowest BCUT2D eigenvalue weighted by atomic mass is 10.1. The number of methoxy groups -OCH3 is 1. The lowest BCUT2D eigenvalue weighted by molar-refractivity contribution is 0.104. The molecule has 0 N–H and O–H groups in total. The summed E-state index contributed by atoms with van der Waals surface area (Å²) in [5.41, 5.74) is 3.74. The number of hydrogen-bond acceptors (Lipinski definition) is 3. The monoisotopic (exact) mass is 562 g/mol. The van der Waals surface area contributed by atoms with Crippen molar-refractivity contribution in [2.24, 2.45) is 0 Å². The number of benzene rings is 3. The first-order chi connectivity index (χ1) is 14.0. The molecule has 0 saturated carbocycles. The molecule has 0 amide bonds. The van der Waals surface area contributed by atoms with E-state index in [1.54, 1.807) is 19.3 Å². The number of hydrogen-bond donors (Lipinski definition) is 0. The molecule has 0 aliphatic carbocycles. The molecule has 0 unspecified atom stereocenters. The maximum Gasteiger partial charge on any atom is 0.185 e. The van der Waals surface area contributed by atoms with Crippen LogP contribution >= 0.6 is 38.5 Å². The van der Waals surface area contributed by atoms with Gasteiger partial charge in [0.25, 0.3) is 0 Å². The van der Waals surface area contributed by atoms with E-state index < -0.39 is 0 Å². The Kier molecular flexibility index (Phi) is 7.50. The highest BCUT2D eigenvalue weighted by molar-refractivity contribution is 14.1. The minimum absolute atomic E-state index is 0.0328. The van der Waals surface area contributed by atoms with E-state index in [0.29, 0.717) is 23.7 Å². The second-order valence-electron chi connectivity index (χ2n) is 6.51. The molecule has 29 heavy (non-hydrogen) atoms. The average Bonchev–Trinajstić information content (AvgIpc) is 2.72. The zero-order valence-corrected chi connectivity index (χ0v) is 19.9. The Hall–Kier alpha value is -2.12. The first-order valence-electron chi connectivity index (χ1n) is 9.00. The Morgan fingerprint density at radius 2 is 1.76 bits per heavy atom. The van der Waals surface area contributed by atoms with Gasteiger partial charge in [-0.3, -0.25) is 4.79 Å². The molecule has 3 aromatic carbocycles. The minimum Gasteiger partial charge on any atom is -0.493 e. The molecule has 148 valence electrons. The zero-order valence-electron chi connectivity index (χ0n) is 16.1. The molecule has 0 saturated heterocycles. The van der Waals surface area contributed by atoms with Gasteiger partial charge in [-0.2, -0.15) is 0 Å². The number of allylic oxidation sites excluding steroid dienone is 1. The Morgan fingerprint density at radius 1 is 1.07 bits per heavy atom. The topological polar surface area (TPSA) is 35.5 Å². The van der Waals surface area contributed by atoms with Gasteiger partial charge in [0.2, 0.25) is 0 Å². The molecule has 0 spiro atoms. The minimum atomic E-state index is -0.0328. The van der Waals surface area contributed by atoms with Crippen molar-refractivity contribution in [2.45, 2.75) is 13.5 Å². The van der Waals surface area contributed by atoms with Crippen LogP contribution in [0.25, 0.3) is 6.08 Å². The molecule has 0 aliphatic heterocycles. The fourth-order valence-electron chi connectivity index (χ4n) is 2.70. The van der Waals surface area contributed by atoms with Crippen molar-refractivity contribution in [3.63, 3.8) is 0 Å². The van der Waals surface area contributed by atoms with E-state index in [9.17, 15) is 4.79 Å². The predicted molar refractivity (Wildman–Crippen MR) is 129 cm³/mol. The summed E-state index contributed by atoms with van der Waals surface area (Å²) in [6.45, 7) is 2.44. The molecule has 3 nitrogen and oxygen atoms in total. The van der Waals surface area contributed by atoms with E-state index in [1.165, 1.54) is 0 Å². The molecular formula is C24H20BrIO3. The van der Waals surface area contributed by atoms with Crippen molar-refractivity contribution >= 4 is 50.4 Å². The quantitative estimate of drug-likeness (QED) is 0.179. The lowest BCUT2D eigenvalue weighted by Crippen LogP contribution is -2.00. The van der Waals surface area contributed by atoms with Crippen LogP contribution in [0.15, 0.2) is 71.2 Å². The van der Waals surface area contributed by atoms with Crippen LogP contribution in [0.5, 0.6) is 11.5 Å². The summed E-state index contributed by atoms with van der Waals surface area (Å²) in [6, 6.07) is 19.4. The van der Waals surface area contributed by atoms with Gasteiger partial charge in [-0.05, 0) is 71.0 Å². The Bertz CT molecular complexity index is 1030. The molecule has 0 radical (unpaired) electrons. The molecule has 3 aromatic rings. The van der Waals surface area contributed by atoms with Crippen molar-refractivity contribution in [2.75, 3.05) is 7.11 Å². The molecule has 0 atom stereocenters. The van der Waals surface area contributed by atoms with Crippen molar-refractivity contribution in [1.29, 1.82) is 0 Å². The molecule has 0 aliphatic rings. The molecule has 3 rings (SSSR count). The number of rotatable bonds is 7. The third-order valence-corrected chi connectivity index (χ3v) is 5.64. The van der Waals surface area contributed by atoms with Crippen LogP contribution in [-0.2, 0) is 6.61 Å². The second-order valence-corrected chi connectivity index (χ2v) is 8.59. The second kappa shape index (κ2) is 10.1. The predicted octanol–water partition coefficient (Wildman–Crippen LogP) is 6.85. The van der Waals surface area contributed by atoms with Crippen LogP contribution in [0.2, 0.25) is 0 Å². The highest BCUT2D eigenvalue weighted by Gasteiger charge is 2.12. The SMILES string of the molecule is COc1cc(/C=C/C(=O)c2ccc(C)cc2)cc(I)c1OCc1ccc(Br)cc1. The highest BCUT2D eigenvalue weighted by Crippen LogP contribution is 2.35. The number of aryl methyl sites for hydroxylation is 1. The van der Waals surface area contributed by atoms with Crippen LogP contribution in [-0.4, -0.2) is 12.9 Å². The number of carbonyl (C=O) groups excluding carboxylic acids is 1. The van der Waals surface area contributed by atoms with E-state index >= 15 is 0 Å². The number of halogens is 2. The van der Waals surface area contributed by atoms with Gasteiger partial charge in [0.1, 0.15) is 6.61 Å². The van der Waals surface area contributed by atoms with Gasteiger partial charge >= 0.3 is 0 Å². The van der Waals surface area contributed by atoms with Crippen LogP contribution in [0, 0.1) is 10.5 Å². The van der Waals surface area contributed by atoms with Crippen molar-refractivity contribution in [3.05, 3.63) is 97.0 Å². The van der Waals surface area contributed by atoms with Crippen LogP contribution in [0.4, 0.5) is 0 Å². The van der Waals surface area contributed by atoms with Gasteiger partial charge in [-0.1, -0.05) is 64.0 Å². The molecular weight excluding hydrogens is 543 g/mol. The Labute approximate surface area is 193 Å². The van der Waals surface area contributed by atoms with E-state index in [2.05, 4.69) is 38.5 Å². The Balaban J connectivity index is 1.75. The zero-order chi connectivity index (χ0) is 20.8. The summed E-state index contributed by atoms with van der Waals surface area (Å²) < 4.78 is 13.5. The summed E-state index contributed by atoms with van der Waals surface area (Å²) >= 11 is 5.66. The molecule has 0 aromatic heterocycles. The van der Waals surface area contributed by atoms with Gasteiger partial charge in [0.15, 0.2) is 17.3 Å². The summed E-state index contributed by atoms with van der Waals surface area (Å²) in [4.78, 5) is 12.4.